The Labute approximate surface area is 128 Å². The molecule has 1 saturated heterocycles. The number of piperidine rings is 1. The second-order valence-electron chi connectivity index (χ2n) is 5.21. The number of likely N-dealkylation sites (tertiary alicyclic amines) is 1. The van der Waals surface area contributed by atoms with Crippen molar-refractivity contribution in [3.05, 3.63) is 24.3 Å². The molecule has 1 aliphatic rings. The summed E-state index contributed by atoms with van der Waals surface area (Å²) in [5.41, 5.74) is 0. The van der Waals surface area contributed by atoms with Gasteiger partial charge in [-0.3, -0.25) is 4.79 Å². The topological polar surface area (TPSA) is 81.6 Å². The first-order valence-corrected chi connectivity index (χ1v) is 7.50. The maximum Gasteiger partial charge on any atom is 0.283 e. The van der Waals surface area contributed by atoms with Gasteiger partial charge in [-0.05, 0) is 31.9 Å². The molecule has 22 heavy (non-hydrogen) atoms. The van der Waals surface area contributed by atoms with Crippen LogP contribution in [0.4, 0.5) is 0 Å². The third kappa shape index (κ3) is 3.19. The Bertz CT molecular complexity index is 600. The molecule has 118 valence electrons. The van der Waals surface area contributed by atoms with Crippen LogP contribution in [-0.4, -0.2) is 47.3 Å². The van der Waals surface area contributed by atoms with Gasteiger partial charge in [-0.2, -0.15) is 0 Å². The predicted octanol–water partition coefficient (Wildman–Crippen LogP) is 2.07. The van der Waals surface area contributed by atoms with Crippen LogP contribution in [0.1, 0.15) is 31.6 Å². The van der Waals surface area contributed by atoms with E-state index in [1.807, 2.05) is 11.8 Å². The first-order valence-electron chi connectivity index (χ1n) is 7.50. The third-order valence-electron chi connectivity index (χ3n) is 3.80. The molecule has 1 amide bonds. The highest BCUT2D eigenvalue weighted by atomic mass is 16.5. The van der Waals surface area contributed by atoms with Crippen LogP contribution in [0.15, 0.2) is 27.2 Å². The van der Waals surface area contributed by atoms with Crippen molar-refractivity contribution in [2.45, 2.75) is 25.7 Å². The molecule has 7 nitrogen and oxygen atoms in total. The van der Waals surface area contributed by atoms with Crippen molar-refractivity contribution in [1.82, 2.24) is 15.1 Å². The van der Waals surface area contributed by atoms with Gasteiger partial charge in [-0.15, -0.1) is 10.2 Å². The van der Waals surface area contributed by atoms with Gasteiger partial charge in [-0.25, -0.2) is 0 Å². The van der Waals surface area contributed by atoms with Crippen molar-refractivity contribution < 1.29 is 18.4 Å². The maximum absolute atomic E-state index is 11.9. The van der Waals surface area contributed by atoms with Crippen LogP contribution in [0.5, 0.6) is 0 Å². The van der Waals surface area contributed by atoms with E-state index in [1.165, 1.54) is 0 Å². The van der Waals surface area contributed by atoms with E-state index in [0.29, 0.717) is 37.2 Å². The molecule has 0 radical (unpaired) electrons. The van der Waals surface area contributed by atoms with Crippen LogP contribution < -0.4 is 0 Å². The van der Waals surface area contributed by atoms with Crippen LogP contribution in [0, 0.1) is 0 Å². The second kappa shape index (κ2) is 6.74. The van der Waals surface area contributed by atoms with E-state index in [1.54, 1.807) is 18.4 Å². The van der Waals surface area contributed by atoms with Crippen LogP contribution in [0.2, 0.25) is 0 Å². The van der Waals surface area contributed by atoms with Gasteiger partial charge in [0.15, 0.2) is 5.76 Å². The molecule has 2 aromatic rings. The van der Waals surface area contributed by atoms with Crippen LogP contribution in [-0.2, 0) is 9.53 Å². The number of furan rings is 1. The number of rotatable bonds is 5. The Morgan fingerprint density at radius 1 is 1.41 bits per heavy atom. The van der Waals surface area contributed by atoms with Crippen molar-refractivity contribution in [2.75, 3.05) is 26.3 Å². The molecule has 1 aliphatic heterocycles. The van der Waals surface area contributed by atoms with Gasteiger partial charge in [0.2, 0.25) is 11.8 Å². The molecule has 0 aliphatic carbocycles. The minimum atomic E-state index is 0.0436. The van der Waals surface area contributed by atoms with E-state index in [4.69, 9.17) is 13.6 Å². The minimum Gasteiger partial charge on any atom is -0.459 e. The van der Waals surface area contributed by atoms with Crippen molar-refractivity contribution in [3.8, 4) is 11.7 Å². The van der Waals surface area contributed by atoms with Gasteiger partial charge >= 0.3 is 0 Å². The normalized spacial score (nSPS) is 16.1. The van der Waals surface area contributed by atoms with E-state index < -0.39 is 0 Å². The Morgan fingerprint density at radius 2 is 2.23 bits per heavy atom. The molecule has 0 atom stereocenters. The number of carbonyl (C=O) groups is 1. The fraction of sp³-hybridized carbons (Fsp3) is 0.533. The molecular formula is C15H19N3O4. The molecule has 3 rings (SSSR count). The number of ether oxygens (including phenoxy) is 1. The van der Waals surface area contributed by atoms with Gasteiger partial charge in [0.05, 0.1) is 6.26 Å². The lowest BCUT2D eigenvalue weighted by molar-refractivity contribution is -0.137. The summed E-state index contributed by atoms with van der Waals surface area (Å²) in [5, 5.41) is 8.13. The average Bonchev–Trinajstić information content (AvgIpc) is 3.23. The molecule has 0 saturated carbocycles. The zero-order chi connectivity index (χ0) is 15.4. The van der Waals surface area contributed by atoms with E-state index in [9.17, 15) is 4.79 Å². The average molecular weight is 305 g/mol. The molecule has 0 unspecified atom stereocenters. The summed E-state index contributed by atoms with van der Waals surface area (Å²) in [7, 11) is 0. The Balaban J connectivity index is 1.56. The molecule has 3 heterocycles. The van der Waals surface area contributed by atoms with Gasteiger partial charge in [0.1, 0.15) is 6.61 Å². The van der Waals surface area contributed by atoms with Crippen LogP contribution >= 0.6 is 0 Å². The summed E-state index contributed by atoms with van der Waals surface area (Å²) in [6, 6.07) is 3.56. The summed E-state index contributed by atoms with van der Waals surface area (Å²) in [6.07, 6.45) is 3.21. The molecule has 0 N–H and O–H groups in total. The highest BCUT2D eigenvalue weighted by Crippen LogP contribution is 2.29. The lowest BCUT2D eigenvalue weighted by Crippen LogP contribution is -2.40. The van der Waals surface area contributed by atoms with Crippen molar-refractivity contribution in [3.63, 3.8) is 0 Å². The Kier molecular flexibility index (Phi) is 4.53. The van der Waals surface area contributed by atoms with Gasteiger partial charge < -0.3 is 18.5 Å². The fourth-order valence-corrected chi connectivity index (χ4v) is 2.56. The number of carbonyl (C=O) groups excluding carboxylic acids is 1. The van der Waals surface area contributed by atoms with Crippen molar-refractivity contribution >= 4 is 5.91 Å². The van der Waals surface area contributed by atoms with E-state index >= 15 is 0 Å². The number of nitrogens with zero attached hydrogens (tertiary/aromatic N) is 3. The van der Waals surface area contributed by atoms with Crippen LogP contribution in [0.25, 0.3) is 11.7 Å². The quantitative estimate of drug-likeness (QED) is 0.841. The maximum atomic E-state index is 11.9. The third-order valence-corrected chi connectivity index (χ3v) is 3.80. The molecule has 0 spiro atoms. The highest BCUT2D eigenvalue weighted by Gasteiger charge is 2.27. The number of hydrogen-bond donors (Lipinski definition) is 0. The first-order chi connectivity index (χ1) is 10.8. The summed E-state index contributed by atoms with van der Waals surface area (Å²) in [6.45, 7) is 3.97. The van der Waals surface area contributed by atoms with Crippen molar-refractivity contribution in [1.29, 1.82) is 0 Å². The standard InChI is InChI=1S/C15H19N3O4/c1-2-20-10-13(19)18-7-5-11(6-8-18)14-16-17-15(22-14)12-4-3-9-21-12/h3-4,9,11H,2,5-8,10H2,1H3. The largest absolute Gasteiger partial charge is 0.459 e. The molecule has 0 aromatic carbocycles. The number of amides is 1. The number of hydrogen-bond acceptors (Lipinski definition) is 6. The molecule has 7 heteroatoms. The van der Waals surface area contributed by atoms with Gasteiger partial charge in [0.25, 0.3) is 5.89 Å². The Morgan fingerprint density at radius 3 is 2.91 bits per heavy atom. The zero-order valence-corrected chi connectivity index (χ0v) is 12.5. The van der Waals surface area contributed by atoms with E-state index in [2.05, 4.69) is 10.2 Å². The highest BCUT2D eigenvalue weighted by molar-refractivity contribution is 5.77. The summed E-state index contributed by atoms with van der Waals surface area (Å²) in [4.78, 5) is 13.7. The smallest absolute Gasteiger partial charge is 0.283 e. The zero-order valence-electron chi connectivity index (χ0n) is 12.5. The molecule has 2 aromatic heterocycles. The molecular weight excluding hydrogens is 286 g/mol. The predicted molar refractivity (Wildman–Crippen MR) is 77.0 cm³/mol. The second-order valence-corrected chi connectivity index (χ2v) is 5.21. The lowest BCUT2D eigenvalue weighted by Gasteiger charge is -2.30. The summed E-state index contributed by atoms with van der Waals surface area (Å²) >= 11 is 0. The van der Waals surface area contributed by atoms with E-state index in [0.717, 1.165) is 12.8 Å². The summed E-state index contributed by atoms with van der Waals surface area (Å²) in [5.74, 6) is 1.82. The number of aromatic nitrogens is 2. The molecule has 1 fully saturated rings. The minimum absolute atomic E-state index is 0.0436. The van der Waals surface area contributed by atoms with Crippen molar-refractivity contribution in [2.24, 2.45) is 0 Å². The SMILES string of the molecule is CCOCC(=O)N1CCC(c2nnc(-c3ccco3)o2)CC1. The van der Waals surface area contributed by atoms with Crippen LogP contribution in [0.3, 0.4) is 0 Å². The van der Waals surface area contributed by atoms with Gasteiger partial charge in [-0.1, -0.05) is 0 Å². The Hall–Kier alpha value is -2.15. The monoisotopic (exact) mass is 305 g/mol. The molecule has 0 bridgehead atoms. The van der Waals surface area contributed by atoms with E-state index in [-0.39, 0.29) is 18.4 Å². The lowest BCUT2D eigenvalue weighted by atomic mass is 9.97. The summed E-state index contributed by atoms with van der Waals surface area (Å²) < 4.78 is 16.1. The first kappa shape index (κ1) is 14.8. The van der Waals surface area contributed by atoms with Gasteiger partial charge in [0, 0.05) is 25.6 Å². The fourth-order valence-electron chi connectivity index (χ4n) is 2.56.